The molecule has 2 nitrogen and oxygen atoms in total. The Morgan fingerprint density at radius 1 is 1.00 bits per heavy atom. The molecule has 13 heavy (non-hydrogen) atoms. The molecule has 0 N–H and O–H groups in total. The van der Waals surface area contributed by atoms with Gasteiger partial charge in [0.2, 0.25) is 0 Å². The standard InChI is InChI=1S/C10H23N2Si/c1-6-9-10-13(11(4)7-2)12(5)8-3/h9-10H,6-8H2,1-5H3. The lowest BCUT2D eigenvalue weighted by atomic mass is 10.5. The summed E-state index contributed by atoms with van der Waals surface area (Å²) in [5.41, 5.74) is 2.39. The number of allylic oxidation sites excluding steroid dienone is 1. The highest BCUT2D eigenvalue weighted by Crippen LogP contribution is 1.99. The normalized spacial score (nSPS) is 12.6. The zero-order valence-corrected chi connectivity index (χ0v) is 10.7. The molecular weight excluding hydrogens is 176 g/mol. The van der Waals surface area contributed by atoms with Crippen LogP contribution in [0.2, 0.25) is 0 Å². The third-order valence-electron chi connectivity index (χ3n) is 2.23. The van der Waals surface area contributed by atoms with E-state index in [1.807, 2.05) is 0 Å². The van der Waals surface area contributed by atoms with Gasteiger partial charge in [0.1, 0.15) is 0 Å². The molecule has 77 valence electrons. The second-order valence-electron chi connectivity index (χ2n) is 3.20. The molecule has 0 atom stereocenters. The largest absolute Gasteiger partial charge is 0.311 e. The smallest absolute Gasteiger partial charge is 0.258 e. The van der Waals surface area contributed by atoms with Gasteiger partial charge < -0.3 is 9.13 Å². The van der Waals surface area contributed by atoms with Crippen LogP contribution in [0.25, 0.3) is 0 Å². The molecule has 0 rings (SSSR count). The Morgan fingerprint density at radius 3 is 1.77 bits per heavy atom. The minimum atomic E-state index is -0.578. The van der Waals surface area contributed by atoms with Crippen LogP contribution < -0.4 is 0 Å². The fourth-order valence-corrected chi connectivity index (χ4v) is 3.28. The van der Waals surface area contributed by atoms with Crippen LogP contribution in [-0.4, -0.2) is 45.4 Å². The topological polar surface area (TPSA) is 6.48 Å². The van der Waals surface area contributed by atoms with Crippen molar-refractivity contribution in [2.75, 3.05) is 27.2 Å². The van der Waals surface area contributed by atoms with Crippen LogP contribution >= 0.6 is 0 Å². The summed E-state index contributed by atoms with van der Waals surface area (Å²) in [6, 6.07) is 0. The van der Waals surface area contributed by atoms with Crippen LogP contribution in [-0.2, 0) is 0 Å². The summed E-state index contributed by atoms with van der Waals surface area (Å²) >= 11 is 0. The predicted molar refractivity (Wildman–Crippen MR) is 61.8 cm³/mol. The third kappa shape index (κ3) is 4.60. The second kappa shape index (κ2) is 7.30. The maximum absolute atomic E-state index is 2.44. The van der Waals surface area contributed by atoms with E-state index in [2.05, 4.69) is 55.8 Å². The highest BCUT2D eigenvalue weighted by molar-refractivity contribution is 6.58. The maximum Gasteiger partial charge on any atom is 0.258 e. The molecule has 0 aliphatic carbocycles. The van der Waals surface area contributed by atoms with Crippen molar-refractivity contribution in [3.8, 4) is 0 Å². The van der Waals surface area contributed by atoms with Gasteiger partial charge in [-0.15, -0.1) is 0 Å². The summed E-state index contributed by atoms with van der Waals surface area (Å²) in [5.74, 6) is 0. The quantitative estimate of drug-likeness (QED) is 0.603. The Hall–Kier alpha value is -0.123. The summed E-state index contributed by atoms with van der Waals surface area (Å²) < 4.78 is 4.89. The Kier molecular flexibility index (Phi) is 7.23. The van der Waals surface area contributed by atoms with Crippen LogP contribution in [0.4, 0.5) is 0 Å². The molecule has 0 aromatic rings. The zero-order chi connectivity index (χ0) is 10.3. The average molecular weight is 199 g/mol. The van der Waals surface area contributed by atoms with E-state index >= 15 is 0 Å². The number of hydrogen-bond acceptors (Lipinski definition) is 2. The molecule has 0 heterocycles. The Balaban J connectivity index is 4.26. The first-order valence-corrected chi connectivity index (χ1v) is 6.60. The zero-order valence-electron chi connectivity index (χ0n) is 9.67. The van der Waals surface area contributed by atoms with E-state index in [0.717, 1.165) is 19.5 Å². The van der Waals surface area contributed by atoms with Gasteiger partial charge in [0, 0.05) is 0 Å². The Morgan fingerprint density at radius 2 is 1.46 bits per heavy atom. The first-order valence-electron chi connectivity index (χ1n) is 5.13. The minimum Gasteiger partial charge on any atom is -0.311 e. The molecule has 0 saturated heterocycles. The van der Waals surface area contributed by atoms with Crippen LogP contribution in [0.15, 0.2) is 11.8 Å². The van der Waals surface area contributed by atoms with Crippen molar-refractivity contribution in [1.29, 1.82) is 0 Å². The van der Waals surface area contributed by atoms with Crippen LogP contribution in [0, 0.1) is 0 Å². The van der Waals surface area contributed by atoms with Crippen molar-refractivity contribution in [2.45, 2.75) is 27.2 Å². The first kappa shape index (κ1) is 12.9. The number of rotatable bonds is 6. The summed E-state index contributed by atoms with van der Waals surface area (Å²) in [7, 11) is 3.84. The van der Waals surface area contributed by atoms with Crippen molar-refractivity contribution >= 4 is 9.12 Å². The van der Waals surface area contributed by atoms with Crippen molar-refractivity contribution in [2.24, 2.45) is 0 Å². The van der Waals surface area contributed by atoms with Gasteiger partial charge in [0.15, 0.2) is 0 Å². The predicted octanol–water partition coefficient (Wildman–Crippen LogP) is 1.88. The molecule has 0 amide bonds. The molecule has 0 bridgehead atoms. The lowest BCUT2D eigenvalue weighted by molar-refractivity contribution is 0.451. The van der Waals surface area contributed by atoms with Crippen LogP contribution in [0.3, 0.4) is 0 Å². The van der Waals surface area contributed by atoms with Gasteiger partial charge in [0.05, 0.1) is 0 Å². The first-order chi connectivity index (χ1) is 6.17. The van der Waals surface area contributed by atoms with Gasteiger partial charge in [-0.3, -0.25) is 0 Å². The van der Waals surface area contributed by atoms with Gasteiger partial charge in [-0.1, -0.05) is 32.5 Å². The van der Waals surface area contributed by atoms with Gasteiger partial charge in [0.25, 0.3) is 9.12 Å². The fourth-order valence-electron chi connectivity index (χ4n) is 1.09. The summed E-state index contributed by atoms with van der Waals surface area (Å²) in [6.45, 7) is 8.88. The Labute approximate surface area is 85.0 Å². The molecule has 0 unspecified atom stereocenters. The van der Waals surface area contributed by atoms with E-state index in [4.69, 9.17) is 0 Å². The SMILES string of the molecule is CCC=C[Si](N(C)CC)N(C)CC. The van der Waals surface area contributed by atoms with E-state index < -0.39 is 9.12 Å². The lowest BCUT2D eigenvalue weighted by Crippen LogP contribution is -2.48. The maximum atomic E-state index is 2.44. The van der Waals surface area contributed by atoms with E-state index in [1.54, 1.807) is 0 Å². The molecule has 0 aromatic heterocycles. The Bertz CT molecular complexity index is 138. The van der Waals surface area contributed by atoms with Crippen LogP contribution in [0.5, 0.6) is 0 Å². The minimum absolute atomic E-state index is 0.578. The molecule has 0 saturated carbocycles. The van der Waals surface area contributed by atoms with E-state index in [1.165, 1.54) is 0 Å². The van der Waals surface area contributed by atoms with Crippen LogP contribution in [0.1, 0.15) is 27.2 Å². The van der Waals surface area contributed by atoms with E-state index in [-0.39, 0.29) is 0 Å². The van der Waals surface area contributed by atoms with Gasteiger partial charge in [-0.05, 0) is 33.6 Å². The lowest BCUT2D eigenvalue weighted by Gasteiger charge is -2.29. The van der Waals surface area contributed by atoms with Crippen molar-refractivity contribution < 1.29 is 0 Å². The molecule has 0 aliphatic heterocycles. The summed E-state index contributed by atoms with van der Waals surface area (Å²) in [5, 5.41) is 0. The number of hydrogen-bond donors (Lipinski definition) is 0. The summed E-state index contributed by atoms with van der Waals surface area (Å²) in [4.78, 5) is 0. The molecule has 0 spiro atoms. The highest BCUT2D eigenvalue weighted by Gasteiger charge is 2.17. The molecule has 0 fully saturated rings. The fraction of sp³-hybridized carbons (Fsp3) is 0.800. The second-order valence-corrected chi connectivity index (χ2v) is 5.77. The molecule has 0 aliphatic rings. The monoisotopic (exact) mass is 199 g/mol. The molecule has 1 radical (unpaired) electrons. The number of nitrogens with zero attached hydrogens (tertiary/aromatic N) is 2. The van der Waals surface area contributed by atoms with Crippen molar-refractivity contribution in [1.82, 2.24) is 9.13 Å². The van der Waals surface area contributed by atoms with Crippen molar-refractivity contribution in [3.05, 3.63) is 11.8 Å². The van der Waals surface area contributed by atoms with E-state index in [9.17, 15) is 0 Å². The molecular formula is C10H23N2Si. The summed E-state index contributed by atoms with van der Waals surface area (Å²) in [6.07, 6.45) is 3.43. The van der Waals surface area contributed by atoms with Gasteiger partial charge in [-0.2, -0.15) is 0 Å². The molecule has 3 heteroatoms. The highest BCUT2D eigenvalue weighted by atomic mass is 28.3. The van der Waals surface area contributed by atoms with E-state index in [0.29, 0.717) is 0 Å². The third-order valence-corrected chi connectivity index (χ3v) is 4.96. The van der Waals surface area contributed by atoms with Gasteiger partial charge in [-0.25, -0.2) is 0 Å². The average Bonchev–Trinajstić information content (AvgIpc) is 2.17. The van der Waals surface area contributed by atoms with Crippen molar-refractivity contribution in [3.63, 3.8) is 0 Å². The molecule has 0 aromatic carbocycles. The van der Waals surface area contributed by atoms with Gasteiger partial charge >= 0.3 is 0 Å².